The molecule has 1 N–H and O–H groups in total. The fraction of sp³-hybridized carbons (Fsp3) is 0.435. The van der Waals surface area contributed by atoms with Gasteiger partial charge >= 0.3 is 0 Å². The van der Waals surface area contributed by atoms with Crippen LogP contribution in [-0.2, 0) is 18.4 Å². The molecule has 0 saturated heterocycles. The summed E-state index contributed by atoms with van der Waals surface area (Å²) in [6.07, 6.45) is 4.79. The summed E-state index contributed by atoms with van der Waals surface area (Å²) in [6.45, 7) is 3.17. The average Bonchev–Trinajstić information content (AvgIpc) is 3.53. The summed E-state index contributed by atoms with van der Waals surface area (Å²) in [6, 6.07) is 12.7. The molecule has 156 valence electrons. The maximum atomic E-state index is 9.82. The molecule has 3 aromatic rings. The van der Waals surface area contributed by atoms with E-state index in [-0.39, 0.29) is 16.8 Å². The van der Waals surface area contributed by atoms with Gasteiger partial charge in [-0.05, 0) is 37.0 Å². The minimum absolute atomic E-state index is 0.0352. The molecule has 1 aliphatic carbocycles. The van der Waals surface area contributed by atoms with Crippen molar-refractivity contribution in [3.8, 4) is 17.0 Å². The van der Waals surface area contributed by atoms with Crippen molar-refractivity contribution in [2.75, 3.05) is 19.5 Å². The number of aliphatic hydroxyl groups excluding tert-OH is 1. The normalized spacial score (nSPS) is 22.2. The fourth-order valence-electron chi connectivity index (χ4n) is 4.35. The Bertz CT molecular complexity index is 1040. The van der Waals surface area contributed by atoms with Gasteiger partial charge in [-0.25, -0.2) is 4.98 Å². The number of aromatic nitrogens is 4. The minimum atomic E-state index is -0.177. The largest absolute Gasteiger partial charge is 0.481 e. The Morgan fingerprint density at radius 2 is 1.87 bits per heavy atom. The van der Waals surface area contributed by atoms with Gasteiger partial charge in [0.05, 0.1) is 19.1 Å². The predicted molar refractivity (Wildman–Crippen MR) is 118 cm³/mol. The van der Waals surface area contributed by atoms with Crippen molar-refractivity contribution in [3.63, 3.8) is 0 Å². The highest BCUT2D eigenvalue weighted by molar-refractivity contribution is 8.00. The van der Waals surface area contributed by atoms with Gasteiger partial charge in [0.1, 0.15) is 11.6 Å². The van der Waals surface area contributed by atoms with Crippen LogP contribution in [0.1, 0.15) is 37.0 Å². The highest BCUT2D eigenvalue weighted by atomic mass is 32.2. The molecule has 1 unspecified atom stereocenters. The van der Waals surface area contributed by atoms with Crippen molar-refractivity contribution in [1.29, 1.82) is 0 Å². The number of thioether (sulfide) groups is 1. The predicted octanol–water partition coefficient (Wildman–Crippen LogP) is 3.47. The molecule has 0 radical (unpaired) electrons. The van der Waals surface area contributed by atoms with Gasteiger partial charge in [-0.1, -0.05) is 24.3 Å². The molecule has 0 bridgehead atoms. The molecule has 2 aliphatic rings. The van der Waals surface area contributed by atoms with Crippen molar-refractivity contribution < 1.29 is 9.84 Å². The third-order valence-electron chi connectivity index (χ3n) is 6.35. The van der Waals surface area contributed by atoms with Crippen LogP contribution in [0.5, 0.6) is 5.88 Å². The van der Waals surface area contributed by atoms with Crippen LogP contribution in [-0.4, -0.2) is 49.1 Å². The van der Waals surface area contributed by atoms with E-state index in [1.54, 1.807) is 7.11 Å². The van der Waals surface area contributed by atoms with Gasteiger partial charge < -0.3 is 14.4 Å². The third-order valence-corrected chi connectivity index (χ3v) is 7.71. The van der Waals surface area contributed by atoms with Crippen LogP contribution in [0, 0.1) is 0 Å². The number of pyridine rings is 1. The molecule has 0 amide bonds. The number of hydrogen-bond donors (Lipinski definition) is 1. The lowest BCUT2D eigenvalue weighted by Gasteiger charge is -2.23. The standard InChI is InChI=1S/C23H26N4O2S/c1-22(15-28)13-19-25-26-21(27(19)11-12-30-22)23(9-10-23)18-6-3-16(4-7-18)17-5-8-20(29-2)24-14-17/h3-8,14,28H,9-13,15H2,1-2H3. The summed E-state index contributed by atoms with van der Waals surface area (Å²) in [7, 11) is 1.63. The molecular formula is C23H26N4O2S. The Labute approximate surface area is 180 Å². The van der Waals surface area contributed by atoms with E-state index < -0.39 is 0 Å². The first-order valence-corrected chi connectivity index (χ1v) is 11.3. The first-order valence-electron chi connectivity index (χ1n) is 10.4. The van der Waals surface area contributed by atoms with Crippen molar-refractivity contribution >= 4 is 11.8 Å². The van der Waals surface area contributed by atoms with Crippen LogP contribution >= 0.6 is 11.8 Å². The van der Waals surface area contributed by atoms with E-state index in [4.69, 9.17) is 4.74 Å². The number of aliphatic hydroxyl groups is 1. The summed E-state index contributed by atoms with van der Waals surface area (Å²) in [5, 5.41) is 19.0. The summed E-state index contributed by atoms with van der Waals surface area (Å²) in [5.74, 6) is 3.67. The first kappa shape index (κ1) is 19.6. The molecule has 5 rings (SSSR count). The average molecular weight is 423 g/mol. The monoisotopic (exact) mass is 422 g/mol. The number of nitrogens with zero attached hydrogens (tertiary/aromatic N) is 4. The van der Waals surface area contributed by atoms with Crippen LogP contribution in [0.4, 0.5) is 0 Å². The van der Waals surface area contributed by atoms with Crippen LogP contribution in [0.3, 0.4) is 0 Å². The second-order valence-corrected chi connectivity index (χ2v) is 10.2. The number of rotatable bonds is 5. The molecular weight excluding hydrogens is 396 g/mol. The fourth-order valence-corrected chi connectivity index (χ4v) is 5.43. The maximum Gasteiger partial charge on any atom is 0.212 e. The third kappa shape index (κ3) is 3.30. The molecule has 3 heterocycles. The molecule has 1 saturated carbocycles. The molecule has 1 atom stereocenters. The molecule has 0 spiro atoms. The molecule has 30 heavy (non-hydrogen) atoms. The van der Waals surface area contributed by atoms with E-state index in [1.807, 2.05) is 30.1 Å². The molecule has 1 aliphatic heterocycles. The van der Waals surface area contributed by atoms with Gasteiger partial charge in [0, 0.05) is 41.3 Å². The Hall–Kier alpha value is -2.38. The smallest absolute Gasteiger partial charge is 0.212 e. The number of methoxy groups -OCH3 is 1. The van der Waals surface area contributed by atoms with Gasteiger partial charge in [0.2, 0.25) is 5.88 Å². The van der Waals surface area contributed by atoms with E-state index in [0.29, 0.717) is 5.88 Å². The van der Waals surface area contributed by atoms with Crippen LogP contribution in [0.15, 0.2) is 42.6 Å². The van der Waals surface area contributed by atoms with E-state index in [0.717, 1.165) is 54.3 Å². The molecule has 1 aromatic carbocycles. The quantitative estimate of drug-likeness (QED) is 0.679. The van der Waals surface area contributed by atoms with E-state index in [2.05, 4.69) is 50.9 Å². The Morgan fingerprint density at radius 1 is 1.10 bits per heavy atom. The van der Waals surface area contributed by atoms with Gasteiger partial charge in [0.25, 0.3) is 0 Å². The summed E-state index contributed by atoms with van der Waals surface area (Å²) in [5.41, 5.74) is 3.47. The minimum Gasteiger partial charge on any atom is -0.481 e. The Morgan fingerprint density at radius 3 is 2.50 bits per heavy atom. The number of ether oxygens (including phenoxy) is 1. The first-order chi connectivity index (χ1) is 14.6. The van der Waals surface area contributed by atoms with E-state index in [1.165, 1.54) is 5.56 Å². The highest BCUT2D eigenvalue weighted by Crippen LogP contribution is 2.53. The van der Waals surface area contributed by atoms with Crippen molar-refractivity contribution in [2.45, 2.75) is 42.9 Å². The van der Waals surface area contributed by atoms with Gasteiger partial charge in [-0.15, -0.1) is 10.2 Å². The zero-order valence-electron chi connectivity index (χ0n) is 17.3. The van der Waals surface area contributed by atoms with E-state index in [9.17, 15) is 5.11 Å². The lowest BCUT2D eigenvalue weighted by Crippen LogP contribution is -2.28. The Kier molecular flexibility index (Phi) is 4.82. The number of hydrogen-bond acceptors (Lipinski definition) is 6. The van der Waals surface area contributed by atoms with Gasteiger partial charge in [0.15, 0.2) is 0 Å². The second kappa shape index (κ2) is 7.39. The number of benzene rings is 1. The zero-order chi connectivity index (χ0) is 20.8. The SMILES string of the molecule is COc1ccc(-c2ccc(C3(c4nnc5n4CCSC(C)(CO)C5)CC3)cc2)cn1. The van der Waals surface area contributed by atoms with Crippen molar-refractivity contribution in [1.82, 2.24) is 19.7 Å². The van der Waals surface area contributed by atoms with E-state index >= 15 is 0 Å². The van der Waals surface area contributed by atoms with Crippen molar-refractivity contribution in [2.24, 2.45) is 0 Å². The second-order valence-electron chi connectivity index (χ2n) is 8.47. The zero-order valence-corrected chi connectivity index (χ0v) is 18.2. The Balaban J connectivity index is 1.44. The molecule has 6 nitrogen and oxygen atoms in total. The van der Waals surface area contributed by atoms with Gasteiger partial charge in [-0.3, -0.25) is 0 Å². The summed E-state index contributed by atoms with van der Waals surface area (Å²) >= 11 is 1.83. The molecule has 2 aromatic heterocycles. The summed E-state index contributed by atoms with van der Waals surface area (Å²) in [4.78, 5) is 4.31. The van der Waals surface area contributed by atoms with Crippen LogP contribution < -0.4 is 4.74 Å². The number of fused-ring (bicyclic) bond motifs is 1. The summed E-state index contributed by atoms with van der Waals surface area (Å²) < 4.78 is 7.28. The van der Waals surface area contributed by atoms with Crippen molar-refractivity contribution in [3.05, 3.63) is 59.8 Å². The molecule has 1 fully saturated rings. The topological polar surface area (TPSA) is 73.1 Å². The lowest BCUT2D eigenvalue weighted by atomic mass is 9.93. The maximum absolute atomic E-state index is 9.82. The van der Waals surface area contributed by atoms with Crippen LogP contribution in [0.25, 0.3) is 11.1 Å². The highest BCUT2D eigenvalue weighted by Gasteiger charge is 2.50. The van der Waals surface area contributed by atoms with Crippen LogP contribution in [0.2, 0.25) is 0 Å². The molecule has 7 heteroatoms. The van der Waals surface area contributed by atoms with Gasteiger partial charge in [-0.2, -0.15) is 11.8 Å². The lowest BCUT2D eigenvalue weighted by molar-refractivity contribution is 0.254.